The van der Waals surface area contributed by atoms with E-state index in [2.05, 4.69) is 37.6 Å². The van der Waals surface area contributed by atoms with Crippen molar-refractivity contribution in [2.75, 3.05) is 98.7 Å². The predicted molar refractivity (Wildman–Crippen MR) is 240 cm³/mol. The number of rotatable bonds is 32. The number of nitrogens with one attached hydrogen (secondary N) is 1. The van der Waals surface area contributed by atoms with Crippen LogP contribution in [0.1, 0.15) is 70.2 Å². The number of unbranched alkanes of at least 4 members (excludes halogenated alkanes) is 3. The summed E-state index contributed by atoms with van der Waals surface area (Å²) in [6.45, 7) is 12.6. The zero-order valence-corrected chi connectivity index (χ0v) is 38.5. The zero-order valence-electron chi connectivity index (χ0n) is 37.5. The number of alkyl carbamates (subject to hydrolysis) is 1. The van der Waals surface area contributed by atoms with E-state index in [1.807, 2.05) is 52.1 Å². The van der Waals surface area contributed by atoms with Gasteiger partial charge in [0, 0.05) is 63.8 Å². The third-order valence-electron chi connectivity index (χ3n) is 9.08. The van der Waals surface area contributed by atoms with Crippen LogP contribution in [0.15, 0.2) is 81.1 Å². The van der Waals surface area contributed by atoms with Crippen molar-refractivity contribution in [2.45, 2.75) is 65.8 Å². The Kier molecular flexibility index (Phi) is 25.0. The van der Waals surface area contributed by atoms with Crippen molar-refractivity contribution in [1.29, 1.82) is 0 Å². The van der Waals surface area contributed by atoms with Crippen molar-refractivity contribution in [1.82, 2.24) is 5.32 Å². The van der Waals surface area contributed by atoms with Crippen molar-refractivity contribution >= 4 is 49.3 Å². The second kappa shape index (κ2) is 30.1. The second-order valence-corrected chi connectivity index (χ2v) is 16.4. The van der Waals surface area contributed by atoms with Crippen LogP contribution in [-0.2, 0) is 32.2 Å². The molecule has 0 atom stereocenters. The van der Waals surface area contributed by atoms with Gasteiger partial charge in [-0.3, -0.25) is 0 Å². The number of amides is 1. The molecular weight excluding hydrogens is 817 g/mol. The van der Waals surface area contributed by atoms with E-state index in [1.165, 1.54) is 14.2 Å². The van der Waals surface area contributed by atoms with Crippen LogP contribution in [0.5, 0.6) is 11.5 Å². The molecule has 0 aliphatic carbocycles. The fourth-order valence-electron chi connectivity index (χ4n) is 5.85. The largest absolute Gasteiger partial charge is 0.500 e. The van der Waals surface area contributed by atoms with E-state index in [9.17, 15) is 9.59 Å². The second-order valence-electron chi connectivity index (χ2n) is 13.7. The highest BCUT2D eigenvalue weighted by Crippen LogP contribution is 2.41. The third kappa shape index (κ3) is 19.0. The molecule has 0 spiro atoms. The van der Waals surface area contributed by atoms with Gasteiger partial charge >= 0.3 is 20.9 Å². The van der Waals surface area contributed by atoms with Gasteiger partial charge in [0.25, 0.3) is 0 Å². The lowest BCUT2D eigenvalue weighted by Crippen LogP contribution is -2.46. The first-order valence-electron chi connectivity index (χ1n) is 21.4. The number of nitrogens with zero attached hydrogens (tertiary/aromatic N) is 5. The van der Waals surface area contributed by atoms with E-state index in [0.717, 1.165) is 31.4 Å². The Morgan fingerprint density at radius 3 is 1.73 bits per heavy atom. The van der Waals surface area contributed by atoms with Gasteiger partial charge in [0.2, 0.25) is 0 Å². The number of anilines is 1. The molecule has 1 amide bonds. The van der Waals surface area contributed by atoms with Crippen molar-refractivity contribution in [3.8, 4) is 11.5 Å². The summed E-state index contributed by atoms with van der Waals surface area (Å²) in [5, 5.41) is 20.2. The Bertz CT molecular complexity index is 1770. The maximum Gasteiger partial charge on any atom is 0.500 e. The summed E-state index contributed by atoms with van der Waals surface area (Å²) in [6.07, 6.45) is 4.31. The van der Waals surface area contributed by atoms with Crippen molar-refractivity contribution in [2.24, 2.45) is 20.5 Å². The first-order chi connectivity index (χ1) is 30.2. The smallest absolute Gasteiger partial charge is 0.494 e. The van der Waals surface area contributed by atoms with Crippen molar-refractivity contribution < 1.29 is 51.3 Å². The van der Waals surface area contributed by atoms with Crippen LogP contribution in [0.25, 0.3) is 0 Å². The number of likely N-dealkylation sites (N-methyl/N-ethyl adjacent to an activating group) is 1. The summed E-state index contributed by atoms with van der Waals surface area (Å²) < 4.78 is 50.5. The summed E-state index contributed by atoms with van der Waals surface area (Å²) >= 11 is 0. The quantitative estimate of drug-likeness (QED) is 0.0272. The molecular formula is C44H66N6O11Si. The summed E-state index contributed by atoms with van der Waals surface area (Å²) in [5.41, 5.74) is 3.54. The Hall–Kier alpha value is -4.98. The number of esters is 1. The molecule has 0 saturated heterocycles. The molecule has 0 saturated carbocycles. The standard InChI is InChI=1S/C44H66N6O11Si/c1-8-12-13-14-26-57-43(51)35-16-18-36(19-17-35)46-48-39-33-42(54-7)40(34-41(39)53-6)49-47-37-20-22-38(23-21-37)50(5)25-27-55-28-29-56-30-31-58-44(52)45-24-15-32-62(59-9-2,60-10-3)61-11-4/h16-23,33-34H,8-15,24-32H2,1-7H3,(H,45,52). The van der Waals surface area contributed by atoms with E-state index in [1.54, 1.807) is 36.4 Å². The highest BCUT2D eigenvalue weighted by Gasteiger charge is 2.39. The Balaban J connectivity index is 1.36. The highest BCUT2D eigenvalue weighted by atomic mass is 28.4. The summed E-state index contributed by atoms with van der Waals surface area (Å²) in [5.74, 6) is 0.514. The van der Waals surface area contributed by atoms with Crippen LogP contribution in [0.3, 0.4) is 0 Å². The summed E-state index contributed by atoms with van der Waals surface area (Å²) in [6, 6.07) is 18.4. The lowest BCUT2D eigenvalue weighted by molar-refractivity contribution is 0.0299. The number of carbonyl (C=O) groups excluding carboxylic acids is 2. The topological polar surface area (TPSA) is 182 Å². The third-order valence-corrected chi connectivity index (χ3v) is 12.2. The number of azo groups is 2. The molecule has 0 radical (unpaired) electrons. The number of benzene rings is 3. The molecule has 3 aromatic rings. The molecule has 3 aromatic carbocycles. The van der Waals surface area contributed by atoms with Crippen molar-refractivity contribution in [3.05, 3.63) is 66.2 Å². The molecule has 0 aliphatic heterocycles. The molecule has 62 heavy (non-hydrogen) atoms. The maximum atomic E-state index is 12.3. The summed E-state index contributed by atoms with van der Waals surface area (Å²) in [7, 11) is 2.32. The lowest BCUT2D eigenvalue weighted by Gasteiger charge is -2.28. The molecule has 3 rings (SSSR count). The number of methoxy groups -OCH3 is 2. The van der Waals surface area contributed by atoms with Gasteiger partial charge in [0.15, 0.2) is 0 Å². The van der Waals surface area contributed by atoms with Gasteiger partial charge in [0.1, 0.15) is 29.5 Å². The first-order valence-corrected chi connectivity index (χ1v) is 23.3. The molecule has 0 unspecified atom stereocenters. The van der Waals surface area contributed by atoms with Crippen LogP contribution < -0.4 is 19.7 Å². The first kappa shape index (κ1) is 51.4. The Labute approximate surface area is 367 Å². The van der Waals surface area contributed by atoms with Gasteiger partial charge in [-0.25, -0.2) is 9.59 Å². The molecule has 17 nitrogen and oxygen atoms in total. The maximum absolute atomic E-state index is 12.3. The molecule has 1 N–H and O–H groups in total. The van der Waals surface area contributed by atoms with E-state index in [4.69, 9.17) is 41.7 Å². The molecule has 0 fully saturated rings. The fourth-order valence-corrected chi connectivity index (χ4v) is 8.47. The van der Waals surface area contributed by atoms with Gasteiger partial charge in [0.05, 0.1) is 64.2 Å². The van der Waals surface area contributed by atoms with Gasteiger partial charge in [-0.2, -0.15) is 10.2 Å². The van der Waals surface area contributed by atoms with Crippen LogP contribution in [-0.4, -0.2) is 115 Å². The van der Waals surface area contributed by atoms with Crippen molar-refractivity contribution in [3.63, 3.8) is 0 Å². The van der Waals surface area contributed by atoms with Gasteiger partial charge < -0.3 is 51.9 Å². The minimum absolute atomic E-state index is 0.138. The Morgan fingerprint density at radius 2 is 1.18 bits per heavy atom. The zero-order chi connectivity index (χ0) is 44.8. The van der Waals surface area contributed by atoms with Gasteiger partial charge in [-0.05, 0) is 82.1 Å². The number of hydrogen-bond donors (Lipinski definition) is 1. The van der Waals surface area contributed by atoms with Gasteiger partial charge in [-0.15, -0.1) is 10.2 Å². The van der Waals surface area contributed by atoms with E-state index < -0.39 is 14.9 Å². The van der Waals surface area contributed by atoms with Crippen LogP contribution in [0.2, 0.25) is 6.04 Å². The van der Waals surface area contributed by atoms with Crippen LogP contribution in [0, 0.1) is 0 Å². The molecule has 342 valence electrons. The average molecular weight is 883 g/mol. The number of hydrogen-bond acceptors (Lipinski definition) is 16. The molecule has 18 heteroatoms. The SMILES string of the molecule is CCCCCCOC(=O)c1ccc(N=Nc2cc(OC)c(N=Nc3ccc(N(C)CCOCCOCCOC(=O)NCCC[Si](OCC)(OCC)OCC)cc3)cc2OC)cc1. The number of carbonyl (C=O) groups is 2. The minimum atomic E-state index is -2.73. The lowest BCUT2D eigenvalue weighted by atomic mass is 10.2. The average Bonchev–Trinajstić information content (AvgIpc) is 3.28. The van der Waals surface area contributed by atoms with Crippen LogP contribution in [0.4, 0.5) is 33.2 Å². The highest BCUT2D eigenvalue weighted by molar-refractivity contribution is 6.60. The molecule has 0 bridgehead atoms. The predicted octanol–water partition coefficient (Wildman–Crippen LogP) is 9.91. The van der Waals surface area contributed by atoms with Gasteiger partial charge in [-0.1, -0.05) is 26.2 Å². The number of ether oxygens (including phenoxy) is 6. The minimum Gasteiger partial charge on any atom is -0.494 e. The molecule has 0 aliphatic rings. The normalized spacial score (nSPS) is 11.6. The fraction of sp³-hybridized carbons (Fsp3) is 0.545. The van der Waals surface area contributed by atoms with E-state index >= 15 is 0 Å². The van der Waals surface area contributed by atoms with Crippen LogP contribution >= 0.6 is 0 Å². The molecule has 0 aromatic heterocycles. The summed E-state index contributed by atoms with van der Waals surface area (Å²) in [4.78, 5) is 26.5. The Morgan fingerprint density at radius 1 is 0.629 bits per heavy atom. The van der Waals surface area contributed by atoms with E-state index in [0.29, 0.717) is 112 Å². The van der Waals surface area contributed by atoms with E-state index in [-0.39, 0.29) is 19.2 Å². The molecule has 0 heterocycles. The monoisotopic (exact) mass is 882 g/mol.